The van der Waals surface area contributed by atoms with E-state index in [4.69, 9.17) is 21.6 Å². The Morgan fingerprint density at radius 3 is 2.64 bits per heavy atom. The second-order valence-corrected chi connectivity index (χ2v) is 5.25. The molecule has 7 nitrogen and oxygen atoms in total. The summed E-state index contributed by atoms with van der Waals surface area (Å²) in [5.74, 6) is 0.398. The lowest BCUT2D eigenvalue weighted by atomic mass is 10.1. The summed E-state index contributed by atoms with van der Waals surface area (Å²) in [7, 11) is 1.50. The normalized spacial score (nSPS) is 15.1. The Morgan fingerprint density at radius 1 is 1.32 bits per heavy atom. The smallest absolute Gasteiger partial charge is 0.224 e. The lowest BCUT2D eigenvalue weighted by Crippen LogP contribution is -2.24. The SMILES string of the molecule is CCNC(=O)Cc1ccc(N=C2C=C(OC)C(N)=CC2=N)c(N)c1.Cl. The van der Waals surface area contributed by atoms with Crippen molar-refractivity contribution in [2.24, 2.45) is 10.7 Å². The molecule has 2 rings (SSSR count). The van der Waals surface area contributed by atoms with Crippen LogP contribution in [0.25, 0.3) is 0 Å². The largest absolute Gasteiger partial charge is 0.495 e. The number of rotatable bonds is 5. The summed E-state index contributed by atoms with van der Waals surface area (Å²) in [6.45, 7) is 2.46. The van der Waals surface area contributed by atoms with E-state index in [1.54, 1.807) is 24.3 Å². The molecule has 1 aromatic rings. The second-order valence-electron chi connectivity index (χ2n) is 5.25. The Labute approximate surface area is 152 Å². The van der Waals surface area contributed by atoms with Gasteiger partial charge in [-0.25, -0.2) is 4.99 Å². The van der Waals surface area contributed by atoms with Gasteiger partial charge in [0.25, 0.3) is 0 Å². The molecule has 1 aliphatic rings. The molecular formula is C17H22ClN5O2. The number of halogens is 1. The number of methoxy groups -OCH3 is 1. The van der Waals surface area contributed by atoms with Gasteiger partial charge in [-0.2, -0.15) is 0 Å². The van der Waals surface area contributed by atoms with Gasteiger partial charge in [0, 0.05) is 12.6 Å². The molecule has 1 amide bonds. The van der Waals surface area contributed by atoms with Crippen molar-refractivity contribution in [1.29, 1.82) is 5.41 Å². The number of nitrogens with two attached hydrogens (primary N) is 2. The van der Waals surface area contributed by atoms with Crippen molar-refractivity contribution in [1.82, 2.24) is 5.32 Å². The number of hydrogen-bond donors (Lipinski definition) is 4. The number of amides is 1. The summed E-state index contributed by atoms with van der Waals surface area (Å²) in [4.78, 5) is 16.0. The van der Waals surface area contributed by atoms with Gasteiger partial charge in [0.2, 0.25) is 5.91 Å². The number of hydrogen-bond acceptors (Lipinski definition) is 6. The number of nitrogens with zero attached hydrogens (tertiary/aromatic N) is 1. The van der Waals surface area contributed by atoms with Crippen LogP contribution in [0.5, 0.6) is 0 Å². The van der Waals surface area contributed by atoms with Crippen molar-refractivity contribution in [2.75, 3.05) is 19.4 Å². The molecule has 0 fully saturated rings. The molecule has 1 aliphatic carbocycles. The molecule has 0 radical (unpaired) electrons. The first-order chi connectivity index (χ1) is 11.4. The molecule has 6 N–H and O–H groups in total. The molecular weight excluding hydrogens is 342 g/mol. The minimum absolute atomic E-state index is 0. The van der Waals surface area contributed by atoms with Crippen LogP contribution in [0.2, 0.25) is 0 Å². The molecule has 0 unspecified atom stereocenters. The van der Waals surface area contributed by atoms with E-state index in [9.17, 15) is 4.79 Å². The first-order valence-corrected chi connectivity index (χ1v) is 7.50. The summed E-state index contributed by atoms with van der Waals surface area (Å²) >= 11 is 0. The van der Waals surface area contributed by atoms with Gasteiger partial charge in [0.05, 0.1) is 42.0 Å². The molecule has 0 aliphatic heterocycles. The van der Waals surface area contributed by atoms with Crippen LogP contribution in [-0.4, -0.2) is 31.0 Å². The quantitative estimate of drug-likeness (QED) is 0.470. The summed E-state index contributed by atoms with van der Waals surface area (Å²) in [6, 6.07) is 5.24. The molecule has 0 spiro atoms. The van der Waals surface area contributed by atoms with Crippen molar-refractivity contribution in [3.05, 3.63) is 47.4 Å². The Hall–Kier alpha value is -2.80. The molecule has 134 valence electrons. The summed E-state index contributed by atoms with van der Waals surface area (Å²) in [5, 5.41) is 10.7. The number of ether oxygens (including phenoxy) is 1. The molecule has 1 aromatic carbocycles. The topological polar surface area (TPSA) is 127 Å². The standard InChI is InChI=1S/C17H21N5O2.ClH/c1-3-21-17(23)7-10-4-5-14(11(18)6-10)22-15-9-16(24-2)13(20)8-12(15)19;/h4-6,8-9,19H,3,7,18,20H2,1-2H3,(H,21,23);1H. The van der Waals surface area contributed by atoms with Gasteiger partial charge in [-0.15, -0.1) is 12.4 Å². The van der Waals surface area contributed by atoms with Crippen LogP contribution in [0.4, 0.5) is 11.4 Å². The number of carbonyl (C=O) groups is 1. The van der Waals surface area contributed by atoms with Crippen molar-refractivity contribution in [3.63, 3.8) is 0 Å². The average molecular weight is 364 g/mol. The Morgan fingerprint density at radius 2 is 2.04 bits per heavy atom. The van der Waals surface area contributed by atoms with Gasteiger partial charge < -0.3 is 21.5 Å². The van der Waals surface area contributed by atoms with Gasteiger partial charge in [-0.05, 0) is 30.7 Å². The molecule has 0 saturated heterocycles. The van der Waals surface area contributed by atoms with Gasteiger partial charge >= 0.3 is 0 Å². The van der Waals surface area contributed by atoms with E-state index in [-0.39, 0.29) is 30.4 Å². The van der Waals surface area contributed by atoms with Crippen LogP contribution in [0, 0.1) is 5.41 Å². The summed E-state index contributed by atoms with van der Waals surface area (Å²) in [6.07, 6.45) is 3.34. The minimum Gasteiger partial charge on any atom is -0.495 e. The third kappa shape index (κ3) is 5.09. The number of aliphatic imine (C=N–C) groups is 1. The van der Waals surface area contributed by atoms with Crippen LogP contribution >= 0.6 is 12.4 Å². The van der Waals surface area contributed by atoms with Crippen molar-refractivity contribution in [2.45, 2.75) is 13.3 Å². The monoisotopic (exact) mass is 363 g/mol. The zero-order chi connectivity index (χ0) is 17.7. The lowest BCUT2D eigenvalue weighted by molar-refractivity contribution is -0.120. The molecule has 0 atom stereocenters. The van der Waals surface area contributed by atoms with Gasteiger partial charge in [-0.3, -0.25) is 10.2 Å². The third-order valence-corrected chi connectivity index (χ3v) is 3.42. The fourth-order valence-electron chi connectivity index (χ4n) is 2.25. The van der Waals surface area contributed by atoms with Gasteiger partial charge in [0.1, 0.15) is 5.76 Å². The first kappa shape index (κ1) is 20.2. The van der Waals surface area contributed by atoms with Crippen LogP contribution in [0.3, 0.4) is 0 Å². The predicted octanol–water partition coefficient (Wildman–Crippen LogP) is 1.85. The summed E-state index contributed by atoms with van der Waals surface area (Å²) < 4.78 is 5.15. The molecule has 0 saturated carbocycles. The Kier molecular flexibility index (Phi) is 7.20. The van der Waals surface area contributed by atoms with E-state index < -0.39 is 0 Å². The molecule has 0 aromatic heterocycles. The second kappa shape index (κ2) is 8.89. The number of nitrogen functional groups attached to an aromatic ring is 1. The lowest BCUT2D eigenvalue weighted by Gasteiger charge is -2.13. The van der Waals surface area contributed by atoms with E-state index >= 15 is 0 Å². The van der Waals surface area contributed by atoms with E-state index in [2.05, 4.69) is 10.3 Å². The first-order valence-electron chi connectivity index (χ1n) is 7.50. The highest BCUT2D eigenvalue weighted by Gasteiger charge is 2.15. The van der Waals surface area contributed by atoms with E-state index in [0.29, 0.717) is 35.1 Å². The Bertz CT molecular complexity index is 768. The van der Waals surface area contributed by atoms with E-state index in [1.165, 1.54) is 13.2 Å². The average Bonchev–Trinajstić information content (AvgIpc) is 2.52. The number of anilines is 1. The summed E-state index contributed by atoms with van der Waals surface area (Å²) in [5.41, 5.74) is 14.5. The van der Waals surface area contributed by atoms with Crippen LogP contribution in [0.1, 0.15) is 12.5 Å². The van der Waals surface area contributed by atoms with Crippen LogP contribution < -0.4 is 16.8 Å². The maximum atomic E-state index is 11.6. The number of benzene rings is 1. The molecule has 25 heavy (non-hydrogen) atoms. The van der Waals surface area contributed by atoms with Crippen molar-refractivity contribution in [3.8, 4) is 0 Å². The van der Waals surface area contributed by atoms with E-state index in [0.717, 1.165) is 5.56 Å². The van der Waals surface area contributed by atoms with Gasteiger partial charge in [0.15, 0.2) is 0 Å². The van der Waals surface area contributed by atoms with Crippen molar-refractivity contribution >= 4 is 41.1 Å². The fourth-order valence-corrected chi connectivity index (χ4v) is 2.25. The fraction of sp³-hybridized carbons (Fsp3) is 0.235. The van der Waals surface area contributed by atoms with E-state index in [1.807, 2.05) is 6.92 Å². The highest BCUT2D eigenvalue weighted by molar-refractivity contribution is 6.50. The zero-order valence-electron chi connectivity index (χ0n) is 14.1. The number of carbonyl (C=O) groups excluding carboxylic acids is 1. The number of allylic oxidation sites excluding steroid dienone is 2. The molecule has 8 heteroatoms. The highest BCUT2D eigenvalue weighted by Crippen LogP contribution is 2.25. The van der Waals surface area contributed by atoms with Gasteiger partial charge in [-0.1, -0.05) is 6.07 Å². The molecule has 0 bridgehead atoms. The minimum atomic E-state index is -0.0571. The number of nitrogens with one attached hydrogen (secondary N) is 2. The maximum Gasteiger partial charge on any atom is 0.224 e. The van der Waals surface area contributed by atoms with Crippen molar-refractivity contribution < 1.29 is 9.53 Å². The highest BCUT2D eigenvalue weighted by atomic mass is 35.5. The predicted molar refractivity (Wildman–Crippen MR) is 103 cm³/mol. The third-order valence-electron chi connectivity index (χ3n) is 3.42. The maximum absolute atomic E-state index is 11.6. The zero-order valence-corrected chi connectivity index (χ0v) is 14.9. The van der Waals surface area contributed by atoms with Crippen LogP contribution in [-0.2, 0) is 16.0 Å². The molecule has 0 heterocycles. The van der Waals surface area contributed by atoms with Crippen LogP contribution in [0.15, 0.2) is 46.8 Å². The Balaban J connectivity index is 0.00000312. The number of likely N-dealkylation sites (N-methyl/N-ethyl adjacent to an activating group) is 1.